The van der Waals surface area contributed by atoms with Crippen LogP contribution in [-0.2, 0) is 13.0 Å². The molecule has 0 aliphatic carbocycles. The van der Waals surface area contributed by atoms with Gasteiger partial charge in [-0.15, -0.1) is 11.3 Å². The molecule has 2 rings (SSSR count). The Labute approximate surface area is 108 Å². The minimum Gasteiger partial charge on any atom is -0.322 e. The number of rotatable bonds is 5. The zero-order chi connectivity index (χ0) is 12.3. The molecule has 2 heterocycles. The van der Waals surface area contributed by atoms with Crippen molar-refractivity contribution in [3.05, 3.63) is 15.6 Å². The largest absolute Gasteiger partial charge is 0.322 e. The molecule has 0 aromatic carbocycles. The molecule has 0 saturated carbocycles. The number of nitrogens with zero attached hydrogens (tertiary/aromatic N) is 2. The van der Waals surface area contributed by atoms with Gasteiger partial charge in [-0.05, 0) is 19.4 Å². The highest BCUT2D eigenvalue weighted by molar-refractivity contribution is 7.11. The van der Waals surface area contributed by atoms with Gasteiger partial charge < -0.3 is 5.73 Å². The number of thiazole rings is 1. The van der Waals surface area contributed by atoms with Gasteiger partial charge >= 0.3 is 0 Å². The Balaban J connectivity index is 2.06. The quantitative estimate of drug-likeness (QED) is 0.877. The lowest BCUT2D eigenvalue weighted by Crippen LogP contribution is -2.30. The van der Waals surface area contributed by atoms with Crippen molar-refractivity contribution in [1.82, 2.24) is 9.88 Å². The summed E-state index contributed by atoms with van der Waals surface area (Å²) in [5, 5.41) is 1.15. The minimum absolute atomic E-state index is 0.148. The van der Waals surface area contributed by atoms with Crippen molar-refractivity contribution in [1.29, 1.82) is 0 Å². The Morgan fingerprint density at radius 3 is 2.94 bits per heavy atom. The standard InChI is InChI=1S/C13H23N3S/c1-3-5-10(14)13-15-11-6-8-16(7-4-2)9-12(11)17-13/h10H,3-9,14H2,1-2H3. The van der Waals surface area contributed by atoms with Crippen LogP contribution in [0.15, 0.2) is 0 Å². The van der Waals surface area contributed by atoms with E-state index in [-0.39, 0.29) is 6.04 Å². The number of hydrogen-bond acceptors (Lipinski definition) is 4. The average Bonchev–Trinajstić information content (AvgIpc) is 2.73. The molecule has 0 fully saturated rings. The summed E-state index contributed by atoms with van der Waals surface area (Å²) in [5.41, 5.74) is 7.45. The predicted molar refractivity (Wildman–Crippen MR) is 73.2 cm³/mol. The maximum atomic E-state index is 6.15. The van der Waals surface area contributed by atoms with Gasteiger partial charge in [-0.1, -0.05) is 20.3 Å². The molecule has 0 amide bonds. The Kier molecular flexibility index (Phi) is 4.54. The fourth-order valence-corrected chi connectivity index (χ4v) is 3.56. The van der Waals surface area contributed by atoms with Crippen LogP contribution in [0.25, 0.3) is 0 Å². The van der Waals surface area contributed by atoms with E-state index in [0.717, 1.165) is 37.4 Å². The highest BCUT2D eigenvalue weighted by Gasteiger charge is 2.21. The summed E-state index contributed by atoms with van der Waals surface area (Å²) in [4.78, 5) is 8.70. The fraction of sp³-hybridized carbons (Fsp3) is 0.769. The van der Waals surface area contributed by atoms with E-state index in [1.807, 2.05) is 11.3 Å². The number of fused-ring (bicyclic) bond motifs is 1. The molecule has 0 spiro atoms. The third kappa shape index (κ3) is 3.06. The van der Waals surface area contributed by atoms with Gasteiger partial charge in [0, 0.05) is 24.4 Å². The van der Waals surface area contributed by atoms with Gasteiger partial charge in [0.15, 0.2) is 0 Å². The summed E-state index contributed by atoms with van der Waals surface area (Å²) in [6.45, 7) is 7.86. The van der Waals surface area contributed by atoms with E-state index in [1.54, 1.807) is 0 Å². The van der Waals surface area contributed by atoms with Crippen LogP contribution in [-0.4, -0.2) is 23.0 Å². The van der Waals surface area contributed by atoms with Crippen molar-refractivity contribution in [3.8, 4) is 0 Å². The third-order valence-electron chi connectivity index (χ3n) is 3.28. The molecule has 0 bridgehead atoms. The fourth-order valence-electron chi connectivity index (χ4n) is 2.37. The molecule has 1 aromatic rings. The summed E-state index contributed by atoms with van der Waals surface area (Å²) >= 11 is 1.84. The second kappa shape index (κ2) is 5.94. The lowest BCUT2D eigenvalue weighted by molar-refractivity contribution is 0.256. The zero-order valence-electron chi connectivity index (χ0n) is 10.9. The van der Waals surface area contributed by atoms with Crippen molar-refractivity contribution in [3.63, 3.8) is 0 Å². The topological polar surface area (TPSA) is 42.1 Å². The molecule has 1 aromatic heterocycles. The van der Waals surface area contributed by atoms with Gasteiger partial charge in [0.1, 0.15) is 5.01 Å². The molecule has 1 aliphatic rings. The summed E-state index contributed by atoms with van der Waals surface area (Å²) in [5.74, 6) is 0. The highest BCUT2D eigenvalue weighted by Crippen LogP contribution is 2.29. The molecule has 1 aliphatic heterocycles. The van der Waals surface area contributed by atoms with Crippen LogP contribution < -0.4 is 5.73 Å². The molecule has 2 N–H and O–H groups in total. The Bertz CT molecular complexity index is 362. The van der Waals surface area contributed by atoms with E-state index in [9.17, 15) is 0 Å². The summed E-state index contributed by atoms with van der Waals surface area (Å²) < 4.78 is 0. The smallest absolute Gasteiger partial charge is 0.110 e. The first-order chi connectivity index (χ1) is 8.24. The summed E-state index contributed by atoms with van der Waals surface area (Å²) in [7, 11) is 0. The van der Waals surface area contributed by atoms with E-state index in [0.29, 0.717) is 0 Å². The molecule has 0 saturated heterocycles. The average molecular weight is 253 g/mol. The van der Waals surface area contributed by atoms with Crippen LogP contribution in [0.5, 0.6) is 0 Å². The van der Waals surface area contributed by atoms with Crippen molar-refractivity contribution in [2.75, 3.05) is 13.1 Å². The lowest BCUT2D eigenvalue weighted by atomic mass is 10.1. The van der Waals surface area contributed by atoms with E-state index < -0.39 is 0 Å². The zero-order valence-corrected chi connectivity index (χ0v) is 11.7. The van der Waals surface area contributed by atoms with Crippen LogP contribution in [0.1, 0.15) is 54.7 Å². The molecule has 4 heteroatoms. The first-order valence-electron chi connectivity index (χ1n) is 6.71. The van der Waals surface area contributed by atoms with Crippen molar-refractivity contribution in [2.45, 2.75) is 52.1 Å². The van der Waals surface area contributed by atoms with Gasteiger partial charge in [-0.2, -0.15) is 0 Å². The van der Waals surface area contributed by atoms with E-state index in [1.165, 1.54) is 23.5 Å². The molecule has 1 unspecified atom stereocenters. The molecular formula is C13H23N3S. The van der Waals surface area contributed by atoms with Gasteiger partial charge in [-0.25, -0.2) is 4.98 Å². The minimum atomic E-state index is 0.148. The van der Waals surface area contributed by atoms with Gasteiger partial charge in [-0.3, -0.25) is 4.90 Å². The second-order valence-corrected chi connectivity index (χ2v) is 5.96. The normalized spacial score (nSPS) is 18.1. The van der Waals surface area contributed by atoms with E-state index in [2.05, 4.69) is 18.7 Å². The van der Waals surface area contributed by atoms with Crippen molar-refractivity contribution < 1.29 is 0 Å². The third-order valence-corrected chi connectivity index (χ3v) is 4.50. The lowest BCUT2D eigenvalue weighted by Gasteiger charge is -2.25. The maximum Gasteiger partial charge on any atom is 0.110 e. The number of hydrogen-bond donors (Lipinski definition) is 1. The first-order valence-corrected chi connectivity index (χ1v) is 7.52. The molecule has 17 heavy (non-hydrogen) atoms. The molecule has 1 atom stereocenters. The number of aromatic nitrogens is 1. The van der Waals surface area contributed by atoms with Crippen LogP contribution in [0.2, 0.25) is 0 Å². The van der Waals surface area contributed by atoms with Crippen molar-refractivity contribution >= 4 is 11.3 Å². The maximum absolute atomic E-state index is 6.15. The Morgan fingerprint density at radius 1 is 1.41 bits per heavy atom. The predicted octanol–water partition coefficient (Wildman–Crippen LogP) is 2.71. The van der Waals surface area contributed by atoms with E-state index in [4.69, 9.17) is 10.7 Å². The van der Waals surface area contributed by atoms with E-state index >= 15 is 0 Å². The van der Waals surface area contributed by atoms with Crippen LogP contribution in [0.3, 0.4) is 0 Å². The van der Waals surface area contributed by atoms with Crippen LogP contribution in [0, 0.1) is 0 Å². The Hall–Kier alpha value is -0.450. The van der Waals surface area contributed by atoms with Crippen molar-refractivity contribution in [2.24, 2.45) is 5.73 Å². The van der Waals surface area contributed by atoms with Gasteiger partial charge in [0.05, 0.1) is 11.7 Å². The molecule has 3 nitrogen and oxygen atoms in total. The first kappa shape index (κ1) is 13.0. The second-order valence-electron chi connectivity index (χ2n) is 4.84. The van der Waals surface area contributed by atoms with Gasteiger partial charge in [0.2, 0.25) is 0 Å². The summed E-state index contributed by atoms with van der Waals surface area (Å²) in [6.07, 6.45) is 4.51. The molecule has 0 radical (unpaired) electrons. The SMILES string of the molecule is CCCC(N)c1nc2c(s1)CN(CCC)CC2. The summed E-state index contributed by atoms with van der Waals surface area (Å²) in [6, 6.07) is 0.148. The molecular weight excluding hydrogens is 230 g/mol. The van der Waals surface area contributed by atoms with Crippen LogP contribution in [0.4, 0.5) is 0 Å². The molecule has 96 valence electrons. The van der Waals surface area contributed by atoms with Crippen LogP contribution >= 0.6 is 11.3 Å². The number of nitrogens with two attached hydrogens (primary N) is 1. The monoisotopic (exact) mass is 253 g/mol. The Morgan fingerprint density at radius 2 is 2.24 bits per heavy atom. The highest BCUT2D eigenvalue weighted by atomic mass is 32.1. The van der Waals surface area contributed by atoms with Gasteiger partial charge in [0.25, 0.3) is 0 Å².